The highest BCUT2D eigenvalue weighted by Gasteiger charge is 2.26. The fourth-order valence-electron chi connectivity index (χ4n) is 3.71. The number of ether oxygens (including phenoxy) is 1. The minimum absolute atomic E-state index is 0.669. The van der Waals surface area contributed by atoms with E-state index < -0.39 is 0 Å². The molecule has 0 atom stereocenters. The molecule has 0 spiro atoms. The van der Waals surface area contributed by atoms with E-state index in [9.17, 15) is 0 Å². The number of fused-ring (bicyclic) bond motifs is 8. The minimum Gasteiger partial charge on any atom is -0.488 e. The zero-order chi connectivity index (χ0) is 13.8. The van der Waals surface area contributed by atoms with Gasteiger partial charge in [0.1, 0.15) is 12.4 Å². The van der Waals surface area contributed by atoms with E-state index in [4.69, 9.17) is 4.74 Å². The molecule has 1 heteroatoms. The van der Waals surface area contributed by atoms with Crippen LogP contribution in [0.15, 0.2) is 54.6 Å². The topological polar surface area (TPSA) is 9.23 Å². The summed E-state index contributed by atoms with van der Waals surface area (Å²) in [4.78, 5) is 0. The summed E-state index contributed by atoms with van der Waals surface area (Å²) in [5.74, 6) is 1.06. The summed E-state index contributed by atoms with van der Waals surface area (Å²) in [5, 5.41) is 2.54. The van der Waals surface area contributed by atoms with Crippen molar-refractivity contribution in [3.63, 3.8) is 0 Å². The summed E-state index contributed by atoms with van der Waals surface area (Å²) < 4.78 is 5.97. The smallest absolute Gasteiger partial charge is 0.135 e. The van der Waals surface area contributed by atoms with Crippen LogP contribution in [0.3, 0.4) is 0 Å². The summed E-state index contributed by atoms with van der Waals surface area (Å²) in [6, 6.07) is 17.4. The quantitative estimate of drug-likeness (QED) is 0.445. The summed E-state index contributed by atoms with van der Waals surface area (Å²) in [6.45, 7) is 0.669. The van der Waals surface area contributed by atoms with Crippen LogP contribution in [0.4, 0.5) is 0 Å². The lowest BCUT2D eigenvalue weighted by Crippen LogP contribution is -2.04. The molecule has 0 saturated carbocycles. The Morgan fingerprint density at radius 3 is 2.62 bits per heavy atom. The summed E-state index contributed by atoms with van der Waals surface area (Å²) in [7, 11) is 0. The fraction of sp³-hybridized carbons (Fsp3) is 0.100. The molecule has 1 heterocycles. The minimum atomic E-state index is 0.669. The number of hydrogen-bond acceptors (Lipinski definition) is 1. The van der Waals surface area contributed by atoms with Crippen molar-refractivity contribution in [3.05, 3.63) is 71.3 Å². The van der Waals surface area contributed by atoms with Gasteiger partial charge >= 0.3 is 0 Å². The first-order valence-corrected chi connectivity index (χ1v) is 7.38. The average Bonchev–Trinajstić information content (AvgIpc) is 2.95. The highest BCUT2D eigenvalue weighted by atomic mass is 16.5. The third kappa shape index (κ3) is 1.41. The van der Waals surface area contributed by atoms with Crippen molar-refractivity contribution in [2.24, 2.45) is 0 Å². The highest BCUT2D eigenvalue weighted by Crippen LogP contribution is 2.48. The number of rotatable bonds is 0. The Kier molecular flexibility index (Phi) is 2.12. The van der Waals surface area contributed by atoms with Gasteiger partial charge < -0.3 is 4.74 Å². The van der Waals surface area contributed by atoms with Crippen molar-refractivity contribution in [2.75, 3.05) is 6.61 Å². The van der Waals surface area contributed by atoms with Gasteiger partial charge in [-0.15, -0.1) is 0 Å². The maximum absolute atomic E-state index is 5.97. The molecule has 1 aliphatic heterocycles. The molecule has 2 aliphatic rings. The molecule has 0 amide bonds. The van der Waals surface area contributed by atoms with E-state index in [1.807, 2.05) is 0 Å². The second kappa shape index (κ2) is 3.98. The molecule has 0 bridgehead atoms. The SMILES string of the molecule is C1=Cc2c3c(c4ccccc4c2OC1)-c1ccccc1C3. The molecule has 100 valence electrons. The third-order valence-corrected chi connectivity index (χ3v) is 4.57. The van der Waals surface area contributed by atoms with E-state index in [2.05, 4.69) is 60.7 Å². The Labute approximate surface area is 123 Å². The van der Waals surface area contributed by atoms with Crippen LogP contribution in [0.1, 0.15) is 16.7 Å². The molecule has 3 aromatic carbocycles. The van der Waals surface area contributed by atoms with Crippen LogP contribution in [0.25, 0.3) is 28.0 Å². The normalized spacial score (nSPS) is 14.5. The molecule has 0 radical (unpaired) electrons. The predicted octanol–water partition coefficient (Wildman–Crippen LogP) is 4.82. The van der Waals surface area contributed by atoms with Gasteiger partial charge in [-0.25, -0.2) is 0 Å². The molecule has 0 N–H and O–H groups in total. The molecule has 0 saturated heterocycles. The van der Waals surface area contributed by atoms with Crippen LogP contribution < -0.4 is 4.74 Å². The van der Waals surface area contributed by atoms with Crippen LogP contribution >= 0.6 is 0 Å². The van der Waals surface area contributed by atoms with Crippen LogP contribution in [-0.4, -0.2) is 6.61 Å². The highest BCUT2D eigenvalue weighted by molar-refractivity contribution is 6.07. The molecule has 0 aromatic heterocycles. The average molecular weight is 270 g/mol. The lowest BCUT2D eigenvalue weighted by molar-refractivity contribution is 0.362. The van der Waals surface area contributed by atoms with Gasteiger partial charge in [0.25, 0.3) is 0 Å². The van der Waals surface area contributed by atoms with Gasteiger partial charge in [0.05, 0.1) is 0 Å². The lowest BCUT2D eigenvalue weighted by atomic mass is 9.92. The standard InChI is InChI=1S/C20H14O/c1-2-7-14-13(6-1)12-18-17-10-5-11-21-20(17)16-9-4-3-8-15(16)19(14)18/h1-10H,11-12H2. The van der Waals surface area contributed by atoms with Crippen molar-refractivity contribution in [1.82, 2.24) is 0 Å². The first kappa shape index (κ1) is 11.2. The fourth-order valence-corrected chi connectivity index (χ4v) is 3.71. The summed E-state index contributed by atoms with van der Waals surface area (Å²) >= 11 is 0. The van der Waals surface area contributed by atoms with Crippen molar-refractivity contribution >= 4 is 16.8 Å². The van der Waals surface area contributed by atoms with Crippen LogP contribution in [0, 0.1) is 0 Å². The molecular weight excluding hydrogens is 256 g/mol. The molecule has 0 fully saturated rings. The van der Waals surface area contributed by atoms with Crippen molar-refractivity contribution < 1.29 is 4.74 Å². The molecule has 1 aliphatic carbocycles. The van der Waals surface area contributed by atoms with E-state index in [-0.39, 0.29) is 0 Å². The summed E-state index contributed by atoms with van der Waals surface area (Å²) in [5.41, 5.74) is 6.89. The van der Waals surface area contributed by atoms with Gasteiger partial charge in [0.2, 0.25) is 0 Å². The monoisotopic (exact) mass is 270 g/mol. The van der Waals surface area contributed by atoms with Crippen molar-refractivity contribution in [2.45, 2.75) is 6.42 Å². The Hall–Kier alpha value is -2.54. The molecule has 0 unspecified atom stereocenters. The molecule has 21 heavy (non-hydrogen) atoms. The van der Waals surface area contributed by atoms with Crippen LogP contribution in [0.2, 0.25) is 0 Å². The number of benzene rings is 3. The zero-order valence-electron chi connectivity index (χ0n) is 11.6. The molecule has 1 nitrogen and oxygen atoms in total. The second-order valence-corrected chi connectivity index (χ2v) is 5.69. The first-order chi connectivity index (χ1) is 10.4. The maximum atomic E-state index is 5.97. The summed E-state index contributed by atoms with van der Waals surface area (Å²) in [6.07, 6.45) is 5.35. The maximum Gasteiger partial charge on any atom is 0.135 e. The van der Waals surface area contributed by atoms with Crippen molar-refractivity contribution in [1.29, 1.82) is 0 Å². The van der Waals surface area contributed by atoms with Crippen LogP contribution in [0.5, 0.6) is 5.75 Å². The largest absolute Gasteiger partial charge is 0.488 e. The Bertz CT molecular complexity index is 919. The molecular formula is C20H14O. The van der Waals surface area contributed by atoms with E-state index in [1.54, 1.807) is 0 Å². The lowest BCUT2D eigenvalue weighted by Gasteiger charge is -2.19. The zero-order valence-corrected chi connectivity index (χ0v) is 11.6. The van der Waals surface area contributed by atoms with E-state index >= 15 is 0 Å². The predicted molar refractivity (Wildman–Crippen MR) is 86.7 cm³/mol. The van der Waals surface area contributed by atoms with E-state index in [0.717, 1.165) is 12.2 Å². The van der Waals surface area contributed by atoms with Gasteiger partial charge in [-0.2, -0.15) is 0 Å². The first-order valence-electron chi connectivity index (χ1n) is 7.38. The van der Waals surface area contributed by atoms with E-state index in [0.29, 0.717) is 6.61 Å². The van der Waals surface area contributed by atoms with Gasteiger partial charge in [-0.3, -0.25) is 0 Å². The van der Waals surface area contributed by atoms with Gasteiger partial charge in [0, 0.05) is 10.9 Å². The number of hydrogen-bond donors (Lipinski definition) is 0. The van der Waals surface area contributed by atoms with Gasteiger partial charge in [-0.05, 0) is 40.1 Å². The Morgan fingerprint density at radius 1 is 0.857 bits per heavy atom. The Balaban J connectivity index is 2.00. The van der Waals surface area contributed by atoms with Crippen molar-refractivity contribution in [3.8, 4) is 16.9 Å². The second-order valence-electron chi connectivity index (χ2n) is 5.69. The third-order valence-electron chi connectivity index (χ3n) is 4.57. The Morgan fingerprint density at radius 2 is 1.67 bits per heavy atom. The van der Waals surface area contributed by atoms with Gasteiger partial charge in [0.15, 0.2) is 0 Å². The van der Waals surface area contributed by atoms with Crippen LogP contribution in [-0.2, 0) is 6.42 Å². The molecule has 5 rings (SSSR count). The van der Waals surface area contributed by atoms with E-state index in [1.165, 1.54) is 38.6 Å². The van der Waals surface area contributed by atoms with Gasteiger partial charge in [-0.1, -0.05) is 54.6 Å². The molecule has 3 aromatic rings.